The lowest BCUT2D eigenvalue weighted by Gasteiger charge is -2.46. The van der Waals surface area contributed by atoms with Crippen molar-refractivity contribution in [2.24, 2.45) is 0 Å². The van der Waals surface area contributed by atoms with Gasteiger partial charge >= 0.3 is 6.09 Å². The molecule has 0 aliphatic carbocycles. The van der Waals surface area contributed by atoms with Crippen molar-refractivity contribution in [1.82, 2.24) is 4.90 Å². The summed E-state index contributed by atoms with van der Waals surface area (Å²) < 4.78 is 21.8. The summed E-state index contributed by atoms with van der Waals surface area (Å²) in [6.45, 7) is 2.39. The van der Waals surface area contributed by atoms with E-state index in [0.717, 1.165) is 0 Å². The van der Waals surface area contributed by atoms with Gasteiger partial charge in [-0.2, -0.15) is 0 Å². The van der Waals surface area contributed by atoms with E-state index in [-0.39, 0.29) is 0 Å². The monoisotopic (exact) mass is 425 g/mol. The van der Waals surface area contributed by atoms with Crippen LogP contribution in [-0.4, -0.2) is 130 Å². The van der Waals surface area contributed by atoms with Gasteiger partial charge in [0, 0.05) is 13.6 Å². The second-order valence-electron chi connectivity index (χ2n) is 7.21. The highest BCUT2D eigenvalue weighted by molar-refractivity contribution is 5.67. The summed E-state index contributed by atoms with van der Waals surface area (Å²) in [4.78, 5) is 13.4. The van der Waals surface area contributed by atoms with E-state index >= 15 is 0 Å². The van der Waals surface area contributed by atoms with E-state index in [2.05, 4.69) is 0 Å². The van der Waals surface area contributed by atoms with Gasteiger partial charge in [0.05, 0.1) is 19.3 Å². The van der Waals surface area contributed by atoms with Crippen LogP contribution in [0.15, 0.2) is 0 Å². The lowest BCUT2D eigenvalue weighted by Crippen LogP contribution is -2.64. The second kappa shape index (κ2) is 10.3. The summed E-state index contributed by atoms with van der Waals surface area (Å²) in [5.41, 5.74) is 0. The number of ether oxygens (including phenoxy) is 4. The molecule has 0 radical (unpaired) electrons. The maximum Gasteiger partial charge on any atom is 0.410 e. The Labute approximate surface area is 168 Å². The van der Waals surface area contributed by atoms with Gasteiger partial charge in [0.15, 0.2) is 12.4 Å². The fourth-order valence-corrected chi connectivity index (χ4v) is 3.25. The molecule has 6 N–H and O–H groups in total. The molecular weight excluding hydrogens is 394 g/mol. The first-order valence-electron chi connectivity index (χ1n) is 9.48. The number of hydrogen-bond donors (Lipinski definition) is 6. The average molecular weight is 425 g/mol. The summed E-state index contributed by atoms with van der Waals surface area (Å²) >= 11 is 0. The number of amides is 1. The van der Waals surface area contributed by atoms with Gasteiger partial charge in [0.25, 0.3) is 0 Å². The van der Waals surface area contributed by atoms with Crippen LogP contribution in [0.3, 0.4) is 0 Å². The van der Waals surface area contributed by atoms with Crippen LogP contribution in [-0.2, 0) is 18.9 Å². The number of aliphatic hydroxyl groups is 6. The van der Waals surface area contributed by atoms with Crippen LogP contribution < -0.4 is 0 Å². The van der Waals surface area contributed by atoms with E-state index in [4.69, 9.17) is 18.9 Å². The predicted molar refractivity (Wildman–Crippen MR) is 94.6 cm³/mol. The molecule has 12 nitrogen and oxygen atoms in total. The lowest BCUT2D eigenvalue weighted by atomic mass is 9.95. The third-order valence-corrected chi connectivity index (χ3v) is 5.24. The molecule has 0 unspecified atom stereocenters. The van der Waals surface area contributed by atoms with Gasteiger partial charge in [-0.1, -0.05) is 0 Å². The third kappa shape index (κ3) is 5.16. The van der Waals surface area contributed by atoms with E-state index in [1.165, 1.54) is 18.9 Å². The molecule has 2 aliphatic heterocycles. The number of carbonyl (C=O) groups is 1. The molecule has 0 bridgehead atoms. The number of aliphatic hydroxyl groups excluding tert-OH is 6. The van der Waals surface area contributed by atoms with Gasteiger partial charge in [-0.25, -0.2) is 4.79 Å². The topological polar surface area (TPSA) is 179 Å². The summed E-state index contributed by atoms with van der Waals surface area (Å²) in [5.74, 6) is 0. The smallest absolute Gasteiger partial charge is 0.410 e. The molecule has 170 valence electrons. The Bertz CT molecular complexity index is 538. The minimum absolute atomic E-state index is 0.316. The van der Waals surface area contributed by atoms with Gasteiger partial charge < -0.3 is 54.5 Å². The molecule has 10 atom stereocenters. The maximum atomic E-state index is 12.2. The molecule has 0 aromatic heterocycles. The molecule has 2 saturated heterocycles. The highest BCUT2D eigenvalue weighted by Gasteiger charge is 2.51. The highest BCUT2D eigenvalue weighted by Crippen LogP contribution is 2.30. The fraction of sp³-hybridized carbons (Fsp3) is 0.941. The largest absolute Gasteiger partial charge is 0.438 e. The van der Waals surface area contributed by atoms with E-state index < -0.39 is 80.5 Å². The molecule has 0 aromatic carbocycles. The molecule has 29 heavy (non-hydrogen) atoms. The molecule has 0 aromatic rings. The van der Waals surface area contributed by atoms with Crippen molar-refractivity contribution in [3.05, 3.63) is 0 Å². The molecule has 0 saturated carbocycles. The van der Waals surface area contributed by atoms with E-state index in [1.54, 1.807) is 6.92 Å². The summed E-state index contributed by atoms with van der Waals surface area (Å²) in [7, 11) is 1.47. The van der Waals surface area contributed by atoms with Crippen LogP contribution in [0.25, 0.3) is 0 Å². The fourth-order valence-electron chi connectivity index (χ4n) is 3.25. The van der Waals surface area contributed by atoms with Crippen LogP contribution in [0.4, 0.5) is 4.79 Å². The Morgan fingerprint density at radius 1 is 0.931 bits per heavy atom. The van der Waals surface area contributed by atoms with Crippen molar-refractivity contribution in [3.8, 4) is 0 Å². The van der Waals surface area contributed by atoms with Crippen molar-refractivity contribution in [2.75, 3.05) is 26.8 Å². The van der Waals surface area contributed by atoms with Crippen molar-refractivity contribution < 1.29 is 54.4 Å². The Morgan fingerprint density at radius 2 is 1.45 bits per heavy atom. The van der Waals surface area contributed by atoms with Crippen LogP contribution in [0, 0.1) is 0 Å². The van der Waals surface area contributed by atoms with Gasteiger partial charge in [0.1, 0.15) is 42.7 Å². The molecule has 2 heterocycles. The van der Waals surface area contributed by atoms with Crippen LogP contribution in [0.1, 0.15) is 13.8 Å². The zero-order chi connectivity index (χ0) is 21.9. The maximum absolute atomic E-state index is 12.2. The molecule has 2 fully saturated rings. The molecule has 12 heteroatoms. The van der Waals surface area contributed by atoms with Crippen molar-refractivity contribution in [2.45, 2.75) is 75.1 Å². The second-order valence-corrected chi connectivity index (χ2v) is 7.21. The standard InChI is InChI=1S/C17H31NO11/c1-4-18(3)17(25)29-15-13(24)11(22)9(6-20)27-16(15)28-14-7(2)26-8(5-19)10(21)12(14)23/h7-16,19-24H,4-6H2,1-3H3/t7-,8-,9+,10+,11+,12-,13-,14+,15-,16+/m0/s1. The molecular formula is C17H31NO11. The minimum atomic E-state index is -1.65. The first-order chi connectivity index (χ1) is 13.7. The SMILES string of the molecule is CCN(C)C(=O)O[C@@H]1[C@@H](O[C@H]2[C@@H](O)[C@H](O)[C@H](CO)O[C@H]2C)O[C@H](CO)[C@@H](O)[C@@H]1O. The predicted octanol–water partition coefficient (Wildman–Crippen LogP) is -3.23. The first-order valence-corrected chi connectivity index (χ1v) is 9.48. The molecule has 0 spiro atoms. The molecule has 2 rings (SSSR count). The number of hydrogen-bond acceptors (Lipinski definition) is 11. The lowest BCUT2D eigenvalue weighted by molar-refractivity contribution is -0.339. The van der Waals surface area contributed by atoms with Crippen LogP contribution in [0.2, 0.25) is 0 Å². The van der Waals surface area contributed by atoms with Gasteiger partial charge in [0.2, 0.25) is 0 Å². The number of rotatable bonds is 6. The summed E-state index contributed by atoms with van der Waals surface area (Å²) in [5, 5.41) is 59.6. The van der Waals surface area contributed by atoms with Gasteiger partial charge in [-0.15, -0.1) is 0 Å². The Morgan fingerprint density at radius 3 is 1.97 bits per heavy atom. The Kier molecular flexibility index (Phi) is 8.58. The normalized spacial score (nSPS) is 43.1. The zero-order valence-corrected chi connectivity index (χ0v) is 16.6. The third-order valence-electron chi connectivity index (χ3n) is 5.24. The van der Waals surface area contributed by atoms with Crippen molar-refractivity contribution in [1.29, 1.82) is 0 Å². The first kappa shape index (κ1) is 24.2. The molecule has 2 aliphatic rings. The van der Waals surface area contributed by atoms with E-state index in [1.807, 2.05) is 0 Å². The number of carbonyl (C=O) groups excluding carboxylic acids is 1. The quantitative estimate of drug-likeness (QED) is 0.252. The van der Waals surface area contributed by atoms with E-state index in [9.17, 15) is 35.4 Å². The van der Waals surface area contributed by atoms with Gasteiger partial charge in [-0.3, -0.25) is 0 Å². The van der Waals surface area contributed by atoms with E-state index in [0.29, 0.717) is 6.54 Å². The van der Waals surface area contributed by atoms with Crippen LogP contribution >= 0.6 is 0 Å². The minimum Gasteiger partial charge on any atom is -0.438 e. The average Bonchev–Trinajstić information content (AvgIpc) is 2.71. The number of nitrogens with zero attached hydrogens (tertiary/aromatic N) is 1. The van der Waals surface area contributed by atoms with Gasteiger partial charge in [-0.05, 0) is 13.8 Å². The summed E-state index contributed by atoms with van der Waals surface area (Å²) in [6, 6.07) is 0. The van der Waals surface area contributed by atoms with Crippen molar-refractivity contribution in [3.63, 3.8) is 0 Å². The Hall–Kier alpha value is -1.09. The zero-order valence-electron chi connectivity index (χ0n) is 16.6. The van der Waals surface area contributed by atoms with Crippen LogP contribution in [0.5, 0.6) is 0 Å². The molecule has 1 amide bonds. The highest BCUT2D eigenvalue weighted by atomic mass is 16.7. The Balaban J connectivity index is 2.21. The summed E-state index contributed by atoms with van der Waals surface area (Å²) in [6.07, 6.45) is -14.2. The van der Waals surface area contributed by atoms with Crippen molar-refractivity contribution >= 4 is 6.09 Å².